The molecule has 3 fully saturated rings. The molecular formula is C47H88N2O3. The average Bonchev–Trinajstić information content (AvgIpc) is 3.46. The number of hydrogen-bond donors (Lipinski definition) is 1. The molecule has 0 aliphatic heterocycles. The van der Waals surface area contributed by atoms with Crippen molar-refractivity contribution in [1.29, 1.82) is 0 Å². The second-order valence-electron chi connectivity index (χ2n) is 19.6. The van der Waals surface area contributed by atoms with E-state index in [4.69, 9.17) is 19.9 Å². The minimum absolute atomic E-state index is 0.0389. The van der Waals surface area contributed by atoms with Crippen LogP contribution >= 0.6 is 0 Å². The van der Waals surface area contributed by atoms with E-state index in [2.05, 4.69) is 66.6 Å². The fourth-order valence-electron chi connectivity index (χ4n) is 11.7. The van der Waals surface area contributed by atoms with Gasteiger partial charge >= 0.3 is 0 Å². The number of fused-ring (bicyclic) bond motifs is 5. The van der Waals surface area contributed by atoms with Gasteiger partial charge in [-0.3, -0.25) is 0 Å². The van der Waals surface area contributed by atoms with Gasteiger partial charge in [0.1, 0.15) is 0 Å². The summed E-state index contributed by atoms with van der Waals surface area (Å²) in [5.41, 5.74) is 9.96. The molecule has 2 N–H and O–H groups in total. The first-order valence-corrected chi connectivity index (χ1v) is 22.9. The van der Waals surface area contributed by atoms with Crippen LogP contribution in [0.25, 0.3) is 0 Å². The summed E-state index contributed by atoms with van der Waals surface area (Å²) in [6.07, 6.45) is 31.3. The summed E-state index contributed by atoms with van der Waals surface area (Å²) < 4.78 is 18.6. The lowest BCUT2D eigenvalue weighted by molar-refractivity contribution is -0.0805. The van der Waals surface area contributed by atoms with Gasteiger partial charge in [0.15, 0.2) is 0 Å². The highest BCUT2D eigenvalue weighted by Gasteiger charge is 2.64. The molecule has 3 saturated carbocycles. The maximum Gasteiger partial charge on any atom is 0.0644 e. The van der Waals surface area contributed by atoms with Crippen molar-refractivity contribution < 1.29 is 14.2 Å². The van der Waals surface area contributed by atoms with Gasteiger partial charge in [-0.1, -0.05) is 124 Å². The molecule has 0 saturated heterocycles. The number of allylic oxidation sites excluding steroid dienone is 1. The molecule has 0 aromatic rings. The highest BCUT2D eigenvalue weighted by molar-refractivity contribution is 5.32. The van der Waals surface area contributed by atoms with Crippen LogP contribution in [0.15, 0.2) is 11.6 Å². The molecule has 52 heavy (non-hydrogen) atoms. The molecule has 0 spiro atoms. The largest absolute Gasteiger partial charge is 0.380 e. The van der Waals surface area contributed by atoms with E-state index >= 15 is 0 Å². The molecule has 0 bridgehead atoms. The molecule has 0 radical (unpaired) electrons. The van der Waals surface area contributed by atoms with E-state index in [9.17, 15) is 0 Å². The van der Waals surface area contributed by atoms with Crippen LogP contribution in [0, 0.1) is 40.4 Å². The van der Waals surface area contributed by atoms with Crippen LogP contribution in [-0.4, -0.2) is 69.7 Å². The number of nitrogens with two attached hydrogens (primary N) is 1. The van der Waals surface area contributed by atoms with Crippen LogP contribution in [0.1, 0.15) is 183 Å². The number of unbranched alkanes of at least 4 members (excludes halogenated alkanes) is 9. The molecule has 0 heterocycles. The molecule has 4 aliphatic rings. The van der Waals surface area contributed by atoms with Crippen molar-refractivity contribution in [3.8, 4) is 0 Å². The molecule has 5 heteroatoms. The van der Waals surface area contributed by atoms with E-state index in [1.807, 2.05) is 0 Å². The molecule has 0 amide bonds. The van der Waals surface area contributed by atoms with Crippen molar-refractivity contribution in [2.24, 2.45) is 46.2 Å². The molecule has 0 aromatic heterocycles. The van der Waals surface area contributed by atoms with Gasteiger partial charge in [0.2, 0.25) is 0 Å². The Hall–Kier alpha value is -0.460. The summed E-state index contributed by atoms with van der Waals surface area (Å²) in [6.45, 7) is 19.0. The standard InChI is InChI=1S/C47H88N2O3/c1-9-10-11-14-17-31-50-35-40(49(7)8)36-51-32-18-15-12-13-16-19-33-52-41-27-28-46(6)39(34-41)23-24-44-43-26-25-42(38(4)22-20-21-37(2)3)45(43,5)29-30-47(44,46)48/h23,37-38,40-44H,9-22,24-36,48H2,1-8H3/t38-,40+,41?,42-,43+,44+,45?,46?,47-/m1/s1. The van der Waals surface area contributed by atoms with E-state index < -0.39 is 0 Å². The van der Waals surface area contributed by atoms with Crippen LogP contribution in [0.3, 0.4) is 0 Å². The monoisotopic (exact) mass is 729 g/mol. The lowest BCUT2D eigenvalue weighted by Gasteiger charge is -2.64. The van der Waals surface area contributed by atoms with Gasteiger partial charge in [-0.2, -0.15) is 0 Å². The van der Waals surface area contributed by atoms with Crippen LogP contribution in [0.5, 0.6) is 0 Å². The second-order valence-corrected chi connectivity index (χ2v) is 19.6. The molecule has 304 valence electrons. The lowest BCUT2D eigenvalue weighted by atomic mass is 9.43. The van der Waals surface area contributed by atoms with E-state index in [1.165, 1.54) is 128 Å². The second kappa shape index (κ2) is 21.7. The molecule has 9 atom stereocenters. The van der Waals surface area contributed by atoms with Crippen molar-refractivity contribution in [2.45, 2.75) is 200 Å². The summed E-state index contributed by atoms with van der Waals surface area (Å²) in [7, 11) is 4.27. The van der Waals surface area contributed by atoms with Crippen LogP contribution < -0.4 is 5.73 Å². The summed E-state index contributed by atoms with van der Waals surface area (Å²) in [6, 6.07) is 0.345. The van der Waals surface area contributed by atoms with E-state index in [0.29, 0.717) is 23.5 Å². The zero-order valence-corrected chi connectivity index (χ0v) is 36.0. The third-order valence-electron chi connectivity index (χ3n) is 15.4. The van der Waals surface area contributed by atoms with E-state index in [0.717, 1.165) is 69.5 Å². The van der Waals surface area contributed by atoms with Crippen LogP contribution in [0.2, 0.25) is 0 Å². The normalized spacial score (nSPS) is 32.8. The minimum Gasteiger partial charge on any atom is -0.380 e. The Morgan fingerprint density at radius 2 is 1.38 bits per heavy atom. The predicted molar refractivity (Wildman–Crippen MR) is 222 cm³/mol. The first-order chi connectivity index (χ1) is 25.0. The summed E-state index contributed by atoms with van der Waals surface area (Å²) in [5, 5.41) is 0. The number of ether oxygens (including phenoxy) is 3. The van der Waals surface area contributed by atoms with Gasteiger partial charge in [-0.05, 0) is 120 Å². The van der Waals surface area contributed by atoms with E-state index in [1.54, 1.807) is 5.57 Å². The highest BCUT2D eigenvalue weighted by Crippen LogP contribution is 2.68. The Morgan fingerprint density at radius 3 is 2.02 bits per heavy atom. The third kappa shape index (κ3) is 11.5. The maximum absolute atomic E-state index is 7.72. The Labute approximate surface area is 323 Å². The SMILES string of the molecule is CCCCCCCOC[C@@H](COCCCCCCCCOC1CCC2(C)C(=CC[C@H]3[C@@H]4CC[C@H]([C@H](C)CCCC(C)C)C4(C)CC[C@@]32N)C1)N(C)C. The first-order valence-electron chi connectivity index (χ1n) is 22.9. The first kappa shape index (κ1) is 44.3. The van der Waals surface area contributed by atoms with Gasteiger partial charge in [-0.25, -0.2) is 0 Å². The van der Waals surface area contributed by atoms with Gasteiger partial charge < -0.3 is 24.8 Å². The Bertz CT molecular complexity index is 1030. The Balaban J connectivity index is 1.08. The molecule has 3 unspecified atom stereocenters. The van der Waals surface area contributed by atoms with Gasteiger partial charge in [0, 0.05) is 30.8 Å². The van der Waals surface area contributed by atoms with Crippen LogP contribution in [-0.2, 0) is 14.2 Å². The van der Waals surface area contributed by atoms with Crippen LogP contribution in [0.4, 0.5) is 0 Å². The third-order valence-corrected chi connectivity index (χ3v) is 15.4. The topological polar surface area (TPSA) is 57.0 Å². The van der Waals surface area contributed by atoms with Crippen molar-refractivity contribution in [3.05, 3.63) is 11.6 Å². The van der Waals surface area contributed by atoms with Crippen molar-refractivity contribution in [1.82, 2.24) is 4.90 Å². The van der Waals surface area contributed by atoms with Crippen molar-refractivity contribution in [3.63, 3.8) is 0 Å². The summed E-state index contributed by atoms with van der Waals surface area (Å²) in [4.78, 5) is 2.24. The highest BCUT2D eigenvalue weighted by atomic mass is 16.5. The average molecular weight is 729 g/mol. The zero-order chi connectivity index (χ0) is 37.6. The fourth-order valence-corrected chi connectivity index (χ4v) is 11.7. The fraction of sp³-hybridized carbons (Fsp3) is 0.957. The van der Waals surface area contributed by atoms with Crippen molar-refractivity contribution >= 4 is 0 Å². The summed E-state index contributed by atoms with van der Waals surface area (Å²) in [5.74, 6) is 4.02. The van der Waals surface area contributed by atoms with Gasteiger partial charge in [0.25, 0.3) is 0 Å². The van der Waals surface area contributed by atoms with Crippen molar-refractivity contribution in [2.75, 3.05) is 47.1 Å². The molecule has 5 nitrogen and oxygen atoms in total. The van der Waals surface area contributed by atoms with E-state index in [-0.39, 0.29) is 11.0 Å². The number of rotatable bonds is 26. The number of hydrogen-bond acceptors (Lipinski definition) is 5. The molecular weight excluding hydrogens is 641 g/mol. The Kier molecular flexibility index (Phi) is 18.5. The quantitative estimate of drug-likeness (QED) is 0.0710. The lowest BCUT2D eigenvalue weighted by Crippen LogP contribution is -2.67. The molecule has 4 aliphatic carbocycles. The maximum atomic E-state index is 7.72. The smallest absolute Gasteiger partial charge is 0.0644 e. The molecule has 0 aromatic carbocycles. The minimum atomic E-state index is -0.0389. The zero-order valence-electron chi connectivity index (χ0n) is 36.0. The Morgan fingerprint density at radius 1 is 0.750 bits per heavy atom. The van der Waals surface area contributed by atoms with Gasteiger partial charge in [-0.15, -0.1) is 0 Å². The molecule has 4 rings (SSSR count). The summed E-state index contributed by atoms with van der Waals surface area (Å²) >= 11 is 0. The number of nitrogens with zero attached hydrogens (tertiary/aromatic N) is 1. The number of likely N-dealkylation sites (N-methyl/N-ethyl adjacent to an activating group) is 1. The predicted octanol–water partition coefficient (Wildman–Crippen LogP) is 11.8. The van der Waals surface area contributed by atoms with Gasteiger partial charge in [0.05, 0.1) is 25.4 Å².